The highest BCUT2D eigenvalue weighted by Gasteiger charge is 2.39. The standard InChI is InChI=1S/C13H22O2Si.C13H20O2Si/c2*1-13(2,3)16(4,5)15-12-8-6-11(10-14)7-9-12/h6-9,14H,10H2,1-5H3;6-10H,1-5H3. The molecule has 0 aromatic heterocycles. The van der Waals surface area contributed by atoms with E-state index in [1.54, 1.807) is 12.1 Å². The van der Waals surface area contributed by atoms with Crippen LogP contribution in [0, 0.1) is 0 Å². The fourth-order valence-corrected chi connectivity index (χ4v) is 4.24. The van der Waals surface area contributed by atoms with Crippen LogP contribution in [0.1, 0.15) is 57.5 Å². The number of aliphatic hydroxyl groups is 1. The summed E-state index contributed by atoms with van der Waals surface area (Å²) in [4.78, 5) is 10.5. The number of carbonyl (C=O) groups is 1. The molecule has 0 radical (unpaired) electrons. The number of aliphatic hydroxyl groups excluding tert-OH is 1. The van der Waals surface area contributed by atoms with E-state index in [2.05, 4.69) is 67.7 Å². The molecular weight excluding hydrogens is 432 g/mol. The first-order chi connectivity index (χ1) is 14.5. The van der Waals surface area contributed by atoms with Crippen LogP contribution in [0.15, 0.2) is 48.5 Å². The van der Waals surface area contributed by atoms with Crippen LogP contribution in [0.5, 0.6) is 11.5 Å². The maximum absolute atomic E-state index is 10.5. The van der Waals surface area contributed by atoms with Crippen LogP contribution < -0.4 is 8.85 Å². The summed E-state index contributed by atoms with van der Waals surface area (Å²) in [5.74, 6) is 1.76. The molecular formula is C26H42O4Si2. The van der Waals surface area contributed by atoms with Crippen LogP contribution in [0.2, 0.25) is 36.3 Å². The molecule has 0 aliphatic carbocycles. The highest BCUT2D eigenvalue weighted by molar-refractivity contribution is 6.75. The number of rotatable bonds is 6. The monoisotopic (exact) mass is 474 g/mol. The minimum Gasteiger partial charge on any atom is -0.544 e. The third-order valence-electron chi connectivity index (χ3n) is 6.48. The van der Waals surface area contributed by atoms with Crippen LogP contribution in [0.25, 0.3) is 0 Å². The number of aldehydes is 1. The summed E-state index contributed by atoms with van der Waals surface area (Å²) >= 11 is 0. The fourth-order valence-electron chi connectivity index (χ4n) is 2.17. The number of hydrogen-bond donors (Lipinski definition) is 1. The molecule has 0 spiro atoms. The predicted molar refractivity (Wildman–Crippen MR) is 140 cm³/mol. The molecule has 0 saturated carbocycles. The highest BCUT2D eigenvalue weighted by atomic mass is 28.4. The largest absolute Gasteiger partial charge is 0.544 e. The Morgan fingerprint density at radius 3 is 1.34 bits per heavy atom. The molecule has 0 aliphatic rings. The predicted octanol–water partition coefficient (Wildman–Crippen LogP) is 7.45. The third kappa shape index (κ3) is 8.22. The Morgan fingerprint density at radius 1 is 0.719 bits per heavy atom. The molecule has 2 rings (SSSR count). The van der Waals surface area contributed by atoms with Gasteiger partial charge >= 0.3 is 0 Å². The minimum atomic E-state index is -1.76. The lowest BCUT2D eigenvalue weighted by Crippen LogP contribution is -2.43. The van der Waals surface area contributed by atoms with Gasteiger partial charge in [-0.05, 0) is 78.2 Å². The van der Waals surface area contributed by atoms with Crippen molar-refractivity contribution in [3.05, 3.63) is 59.7 Å². The molecule has 0 saturated heterocycles. The van der Waals surface area contributed by atoms with E-state index < -0.39 is 16.6 Å². The second-order valence-corrected chi connectivity index (χ2v) is 20.7. The van der Waals surface area contributed by atoms with Gasteiger partial charge in [0, 0.05) is 5.56 Å². The molecule has 0 aliphatic heterocycles. The van der Waals surface area contributed by atoms with Crippen molar-refractivity contribution >= 4 is 22.9 Å². The van der Waals surface area contributed by atoms with Crippen LogP contribution in [-0.4, -0.2) is 28.0 Å². The lowest BCUT2D eigenvalue weighted by atomic mass is 10.2. The summed E-state index contributed by atoms with van der Waals surface area (Å²) in [6.07, 6.45) is 0.843. The number of hydrogen-bond acceptors (Lipinski definition) is 4. The van der Waals surface area contributed by atoms with Gasteiger partial charge in [-0.25, -0.2) is 0 Å². The van der Waals surface area contributed by atoms with Gasteiger partial charge in [-0.1, -0.05) is 53.7 Å². The molecule has 0 fully saturated rings. The van der Waals surface area contributed by atoms with Gasteiger partial charge in [-0.15, -0.1) is 0 Å². The summed E-state index contributed by atoms with van der Waals surface area (Å²) in [7, 11) is -3.50. The first-order valence-electron chi connectivity index (χ1n) is 11.2. The Labute approximate surface area is 197 Å². The van der Waals surface area contributed by atoms with Crippen molar-refractivity contribution in [2.75, 3.05) is 0 Å². The summed E-state index contributed by atoms with van der Waals surface area (Å²) in [5, 5.41) is 9.36. The molecule has 0 atom stereocenters. The van der Waals surface area contributed by atoms with E-state index in [0.717, 1.165) is 23.3 Å². The van der Waals surface area contributed by atoms with Crippen molar-refractivity contribution in [3.63, 3.8) is 0 Å². The van der Waals surface area contributed by atoms with Gasteiger partial charge in [0.15, 0.2) is 0 Å². The van der Waals surface area contributed by atoms with E-state index in [0.29, 0.717) is 5.56 Å². The Hall–Kier alpha value is -1.90. The third-order valence-corrected chi connectivity index (χ3v) is 15.2. The zero-order chi connectivity index (χ0) is 24.8. The Morgan fingerprint density at radius 2 is 1.06 bits per heavy atom. The Kier molecular flexibility index (Phi) is 9.51. The summed E-state index contributed by atoms with van der Waals surface area (Å²) in [6.45, 7) is 22.3. The molecule has 2 aromatic rings. The molecule has 2 aromatic carbocycles. The summed E-state index contributed by atoms with van der Waals surface area (Å²) in [6, 6.07) is 15.0. The molecule has 4 nitrogen and oxygen atoms in total. The molecule has 178 valence electrons. The van der Waals surface area contributed by atoms with E-state index in [1.807, 2.05) is 36.4 Å². The van der Waals surface area contributed by atoms with Crippen molar-refractivity contribution in [3.8, 4) is 11.5 Å². The van der Waals surface area contributed by atoms with Gasteiger partial charge < -0.3 is 14.0 Å². The van der Waals surface area contributed by atoms with Gasteiger partial charge in [0.1, 0.15) is 17.8 Å². The van der Waals surface area contributed by atoms with Crippen LogP contribution in [0.3, 0.4) is 0 Å². The quantitative estimate of drug-likeness (QED) is 0.349. The molecule has 0 unspecified atom stereocenters. The molecule has 32 heavy (non-hydrogen) atoms. The van der Waals surface area contributed by atoms with Crippen molar-refractivity contribution in [1.82, 2.24) is 0 Å². The van der Waals surface area contributed by atoms with E-state index in [-0.39, 0.29) is 16.7 Å². The van der Waals surface area contributed by atoms with E-state index in [4.69, 9.17) is 14.0 Å². The van der Waals surface area contributed by atoms with E-state index >= 15 is 0 Å². The lowest BCUT2D eigenvalue weighted by molar-refractivity contribution is 0.112. The lowest BCUT2D eigenvalue weighted by Gasteiger charge is -2.36. The number of benzene rings is 2. The van der Waals surface area contributed by atoms with Crippen LogP contribution >= 0.6 is 0 Å². The molecule has 6 heteroatoms. The van der Waals surface area contributed by atoms with E-state index in [1.165, 1.54) is 0 Å². The zero-order valence-electron chi connectivity index (χ0n) is 21.6. The minimum absolute atomic E-state index is 0.0837. The van der Waals surface area contributed by atoms with Crippen LogP contribution in [0.4, 0.5) is 0 Å². The summed E-state index contributed by atoms with van der Waals surface area (Å²) in [5.41, 5.74) is 1.60. The number of carbonyl (C=O) groups excluding carboxylic acids is 1. The van der Waals surface area contributed by atoms with Gasteiger partial charge in [-0.2, -0.15) is 0 Å². The van der Waals surface area contributed by atoms with Crippen molar-refractivity contribution in [1.29, 1.82) is 0 Å². The smallest absolute Gasteiger partial charge is 0.250 e. The van der Waals surface area contributed by atoms with Crippen molar-refractivity contribution in [2.24, 2.45) is 0 Å². The first kappa shape index (κ1) is 28.1. The maximum Gasteiger partial charge on any atom is 0.250 e. The zero-order valence-corrected chi connectivity index (χ0v) is 23.6. The molecule has 0 heterocycles. The second kappa shape index (κ2) is 10.8. The topological polar surface area (TPSA) is 55.8 Å². The fraction of sp³-hybridized carbons (Fsp3) is 0.500. The SMILES string of the molecule is CC(C)(C)[Si](C)(C)Oc1ccc(C=O)cc1.CC(C)(C)[Si](C)(C)Oc1ccc(CO)cc1. The highest BCUT2D eigenvalue weighted by Crippen LogP contribution is 2.38. The van der Waals surface area contributed by atoms with E-state index in [9.17, 15) is 4.79 Å². The van der Waals surface area contributed by atoms with Crippen molar-refractivity contribution < 1.29 is 18.8 Å². The average Bonchev–Trinajstić information content (AvgIpc) is 2.67. The Bertz CT molecular complexity index is 843. The Balaban J connectivity index is 0.000000320. The van der Waals surface area contributed by atoms with Gasteiger partial charge in [-0.3, -0.25) is 4.79 Å². The second-order valence-electron chi connectivity index (χ2n) is 11.2. The molecule has 1 N–H and O–H groups in total. The van der Waals surface area contributed by atoms with Gasteiger partial charge in [0.2, 0.25) is 16.6 Å². The van der Waals surface area contributed by atoms with Crippen molar-refractivity contribution in [2.45, 2.75) is 84.4 Å². The first-order valence-corrected chi connectivity index (χ1v) is 17.0. The summed E-state index contributed by atoms with van der Waals surface area (Å²) < 4.78 is 12.2. The molecule has 0 amide bonds. The van der Waals surface area contributed by atoms with Crippen LogP contribution in [-0.2, 0) is 6.61 Å². The van der Waals surface area contributed by atoms with Gasteiger partial charge in [0.05, 0.1) is 6.61 Å². The maximum atomic E-state index is 10.5. The van der Waals surface area contributed by atoms with Gasteiger partial charge in [0.25, 0.3) is 0 Å². The normalized spacial score (nSPS) is 12.5. The average molecular weight is 475 g/mol. The molecule has 0 bridgehead atoms.